The lowest BCUT2D eigenvalue weighted by molar-refractivity contribution is -0.139. The van der Waals surface area contributed by atoms with Crippen LogP contribution in [0.25, 0.3) is 0 Å². The number of aliphatic carboxylic acids is 1. The topological polar surface area (TPSA) is 67.8 Å². The molecule has 0 aromatic heterocycles. The van der Waals surface area contributed by atoms with Gasteiger partial charge in [0.1, 0.15) is 5.75 Å². The minimum atomic E-state index is -0.970. The van der Waals surface area contributed by atoms with Crippen molar-refractivity contribution in [2.24, 2.45) is 0 Å². The molecule has 0 unspecified atom stereocenters. The Bertz CT molecular complexity index is 416. The van der Waals surface area contributed by atoms with Gasteiger partial charge in [0.25, 0.3) is 0 Å². The van der Waals surface area contributed by atoms with Crippen molar-refractivity contribution in [3.8, 4) is 5.75 Å². The fourth-order valence-corrected chi connectivity index (χ4v) is 2.10. The molecular weight excluding hydrogens is 246 g/mol. The van der Waals surface area contributed by atoms with Gasteiger partial charge in [-0.05, 0) is 18.9 Å². The van der Waals surface area contributed by atoms with Crippen LogP contribution in [0, 0.1) is 0 Å². The lowest BCUT2D eigenvalue weighted by Gasteiger charge is -2.13. The summed E-state index contributed by atoms with van der Waals surface area (Å²) in [5.41, 5.74) is 0.960. The molecule has 0 amide bonds. The van der Waals surface area contributed by atoms with Crippen molar-refractivity contribution < 1.29 is 19.4 Å². The van der Waals surface area contributed by atoms with Crippen LogP contribution in [-0.2, 0) is 16.1 Å². The van der Waals surface area contributed by atoms with Crippen LogP contribution in [-0.4, -0.2) is 36.9 Å². The molecule has 19 heavy (non-hydrogen) atoms. The highest BCUT2D eigenvalue weighted by atomic mass is 16.5. The van der Waals surface area contributed by atoms with E-state index in [0.29, 0.717) is 18.4 Å². The van der Waals surface area contributed by atoms with Crippen LogP contribution in [0.3, 0.4) is 0 Å². The van der Waals surface area contributed by atoms with Crippen molar-refractivity contribution in [2.45, 2.75) is 25.5 Å². The average Bonchev–Trinajstić information content (AvgIpc) is 2.91. The first-order chi connectivity index (χ1) is 9.25. The molecule has 1 saturated heterocycles. The molecule has 0 radical (unpaired) electrons. The number of para-hydroxylation sites is 1. The number of hydrogen-bond acceptors (Lipinski definition) is 4. The molecule has 5 heteroatoms. The quantitative estimate of drug-likeness (QED) is 0.780. The number of carbonyl (C=O) groups is 1. The van der Waals surface area contributed by atoms with Crippen LogP contribution < -0.4 is 10.1 Å². The van der Waals surface area contributed by atoms with E-state index in [1.807, 2.05) is 18.2 Å². The van der Waals surface area contributed by atoms with Gasteiger partial charge in [0.15, 0.2) is 6.61 Å². The largest absolute Gasteiger partial charge is 0.482 e. The summed E-state index contributed by atoms with van der Waals surface area (Å²) < 4.78 is 10.8. The predicted molar refractivity (Wildman–Crippen MR) is 70.3 cm³/mol. The number of carboxylic acid groups (broad SMARTS) is 1. The number of ether oxygens (including phenoxy) is 2. The Morgan fingerprint density at radius 1 is 1.47 bits per heavy atom. The van der Waals surface area contributed by atoms with E-state index in [1.54, 1.807) is 6.07 Å². The van der Waals surface area contributed by atoms with Crippen molar-refractivity contribution in [2.75, 3.05) is 19.8 Å². The molecule has 2 rings (SSSR count). The molecule has 0 spiro atoms. The zero-order chi connectivity index (χ0) is 13.5. The Balaban J connectivity index is 1.82. The van der Waals surface area contributed by atoms with Gasteiger partial charge in [-0.2, -0.15) is 0 Å². The van der Waals surface area contributed by atoms with E-state index < -0.39 is 5.97 Å². The smallest absolute Gasteiger partial charge is 0.341 e. The van der Waals surface area contributed by atoms with Gasteiger partial charge in [-0.3, -0.25) is 0 Å². The SMILES string of the molecule is O=C(O)COc1ccccc1CNC[C@H]1CCCO1. The standard InChI is InChI=1S/C14H19NO4/c16-14(17)10-19-13-6-2-1-4-11(13)8-15-9-12-5-3-7-18-12/h1-2,4,6,12,15H,3,5,7-10H2,(H,16,17)/t12-/m1/s1. The van der Waals surface area contributed by atoms with E-state index in [0.717, 1.165) is 31.6 Å². The van der Waals surface area contributed by atoms with Crippen molar-refractivity contribution in [1.29, 1.82) is 0 Å². The zero-order valence-corrected chi connectivity index (χ0v) is 10.8. The van der Waals surface area contributed by atoms with Crippen molar-refractivity contribution in [3.63, 3.8) is 0 Å². The monoisotopic (exact) mass is 265 g/mol. The Hall–Kier alpha value is -1.59. The third-order valence-corrected chi connectivity index (χ3v) is 3.04. The summed E-state index contributed by atoms with van der Waals surface area (Å²) in [5, 5.41) is 11.9. The molecule has 104 valence electrons. The van der Waals surface area contributed by atoms with Crippen molar-refractivity contribution in [1.82, 2.24) is 5.32 Å². The summed E-state index contributed by atoms with van der Waals surface area (Å²) in [7, 11) is 0. The first kappa shape index (κ1) is 13.8. The first-order valence-corrected chi connectivity index (χ1v) is 6.50. The van der Waals surface area contributed by atoms with Gasteiger partial charge < -0.3 is 19.9 Å². The second-order valence-electron chi connectivity index (χ2n) is 4.56. The summed E-state index contributed by atoms with van der Waals surface area (Å²) in [6.45, 7) is 2.00. The molecule has 1 fully saturated rings. The van der Waals surface area contributed by atoms with Gasteiger partial charge in [0.05, 0.1) is 6.10 Å². The summed E-state index contributed by atoms with van der Waals surface area (Å²) >= 11 is 0. The van der Waals surface area contributed by atoms with Gasteiger partial charge in [0, 0.05) is 25.3 Å². The van der Waals surface area contributed by atoms with Gasteiger partial charge in [0.2, 0.25) is 0 Å². The maximum Gasteiger partial charge on any atom is 0.341 e. The first-order valence-electron chi connectivity index (χ1n) is 6.50. The third-order valence-electron chi connectivity index (χ3n) is 3.04. The van der Waals surface area contributed by atoms with Crippen LogP contribution in [0.15, 0.2) is 24.3 Å². The number of benzene rings is 1. The Labute approximate surface area is 112 Å². The van der Waals surface area contributed by atoms with E-state index in [9.17, 15) is 4.79 Å². The molecule has 2 N–H and O–H groups in total. The average molecular weight is 265 g/mol. The molecule has 1 heterocycles. The third kappa shape index (κ3) is 4.54. The maximum atomic E-state index is 10.5. The fourth-order valence-electron chi connectivity index (χ4n) is 2.10. The summed E-state index contributed by atoms with van der Waals surface area (Å²) in [6, 6.07) is 7.46. The van der Waals surface area contributed by atoms with E-state index >= 15 is 0 Å². The maximum absolute atomic E-state index is 10.5. The van der Waals surface area contributed by atoms with Gasteiger partial charge >= 0.3 is 5.97 Å². The van der Waals surface area contributed by atoms with Crippen LogP contribution in [0.4, 0.5) is 0 Å². The molecule has 1 aromatic carbocycles. The van der Waals surface area contributed by atoms with Gasteiger partial charge in [-0.15, -0.1) is 0 Å². The minimum Gasteiger partial charge on any atom is -0.482 e. The molecule has 0 bridgehead atoms. The lowest BCUT2D eigenvalue weighted by Crippen LogP contribution is -2.26. The minimum absolute atomic E-state index is 0.298. The fraction of sp³-hybridized carbons (Fsp3) is 0.500. The number of rotatable bonds is 7. The highest BCUT2D eigenvalue weighted by Crippen LogP contribution is 2.18. The summed E-state index contributed by atoms with van der Waals surface area (Å²) in [5.74, 6) is -0.355. The van der Waals surface area contributed by atoms with Crippen LogP contribution in [0.5, 0.6) is 5.75 Å². The lowest BCUT2D eigenvalue weighted by atomic mass is 10.2. The number of carboxylic acids is 1. The molecule has 0 saturated carbocycles. The molecule has 5 nitrogen and oxygen atoms in total. The Kier molecular flexibility index (Phi) is 5.18. The summed E-state index contributed by atoms with van der Waals surface area (Å²) in [4.78, 5) is 10.5. The highest BCUT2D eigenvalue weighted by molar-refractivity contribution is 5.68. The molecule has 1 aliphatic heterocycles. The van der Waals surface area contributed by atoms with Crippen LogP contribution >= 0.6 is 0 Å². The number of hydrogen-bond donors (Lipinski definition) is 2. The van der Waals surface area contributed by atoms with E-state index in [4.69, 9.17) is 14.6 Å². The van der Waals surface area contributed by atoms with E-state index in [-0.39, 0.29) is 6.61 Å². The molecule has 1 aliphatic rings. The number of nitrogens with one attached hydrogen (secondary N) is 1. The molecule has 1 atom stereocenters. The van der Waals surface area contributed by atoms with Gasteiger partial charge in [-0.1, -0.05) is 18.2 Å². The van der Waals surface area contributed by atoms with Crippen LogP contribution in [0.1, 0.15) is 18.4 Å². The Morgan fingerprint density at radius 3 is 3.05 bits per heavy atom. The highest BCUT2D eigenvalue weighted by Gasteiger charge is 2.14. The second kappa shape index (κ2) is 7.11. The summed E-state index contributed by atoms with van der Waals surface area (Å²) in [6.07, 6.45) is 2.53. The van der Waals surface area contributed by atoms with Crippen molar-refractivity contribution >= 4 is 5.97 Å². The van der Waals surface area contributed by atoms with Crippen molar-refractivity contribution in [3.05, 3.63) is 29.8 Å². The molecular formula is C14H19NO4. The Morgan fingerprint density at radius 2 is 2.32 bits per heavy atom. The predicted octanol–water partition coefficient (Wildman–Crippen LogP) is 1.42. The molecule has 1 aromatic rings. The second-order valence-corrected chi connectivity index (χ2v) is 4.56. The van der Waals surface area contributed by atoms with Crippen LogP contribution in [0.2, 0.25) is 0 Å². The van der Waals surface area contributed by atoms with E-state index in [2.05, 4.69) is 5.32 Å². The zero-order valence-electron chi connectivity index (χ0n) is 10.8. The molecule has 0 aliphatic carbocycles. The van der Waals surface area contributed by atoms with Gasteiger partial charge in [-0.25, -0.2) is 4.79 Å². The normalized spacial score (nSPS) is 18.4. The van der Waals surface area contributed by atoms with E-state index in [1.165, 1.54) is 0 Å².